The van der Waals surface area contributed by atoms with Gasteiger partial charge in [-0.05, 0) is 60.7 Å². The van der Waals surface area contributed by atoms with Crippen molar-refractivity contribution < 1.29 is 29.3 Å². The van der Waals surface area contributed by atoms with E-state index in [-0.39, 0.29) is 11.7 Å². The Morgan fingerprint density at radius 1 is 1.20 bits per heavy atom. The van der Waals surface area contributed by atoms with Gasteiger partial charge in [0.1, 0.15) is 6.10 Å². The molecule has 30 heavy (non-hydrogen) atoms. The summed E-state index contributed by atoms with van der Waals surface area (Å²) in [5.74, 6) is -0.903. The first-order valence-electron chi connectivity index (χ1n) is 9.29. The fourth-order valence-corrected chi connectivity index (χ4v) is 3.15. The Morgan fingerprint density at radius 2 is 1.90 bits per heavy atom. The molecule has 0 saturated carbocycles. The number of ether oxygens (including phenoxy) is 2. The predicted molar refractivity (Wildman–Crippen MR) is 117 cm³/mol. The Hall–Kier alpha value is -3.00. The van der Waals surface area contributed by atoms with Gasteiger partial charge in [0, 0.05) is 16.2 Å². The van der Waals surface area contributed by atoms with Crippen molar-refractivity contribution >= 4 is 33.7 Å². The molecule has 1 amide bonds. The van der Waals surface area contributed by atoms with Crippen LogP contribution >= 0.6 is 15.9 Å². The standard InChI is InChI=1S/C22H24BrNO6/c1-14(5-3-4-6-20(26)27)21(15-7-12-19(29-2)18(25)13-15)30-22(28)24-17-10-8-16(23)9-11-17/h4,6-14,21,25H,3,5H2,1-2H3,(H,24,28)(H,26,27)/b6-4+/t14-,21-/m0/s1. The number of allylic oxidation sites excluding steroid dienone is 1. The number of aliphatic carboxylic acids is 1. The summed E-state index contributed by atoms with van der Waals surface area (Å²) in [6, 6.07) is 11.9. The summed E-state index contributed by atoms with van der Waals surface area (Å²) in [4.78, 5) is 23.1. The quantitative estimate of drug-likeness (QED) is 0.411. The summed E-state index contributed by atoms with van der Waals surface area (Å²) < 4.78 is 11.6. The third-order valence-corrected chi connectivity index (χ3v) is 4.95. The van der Waals surface area contributed by atoms with Crippen LogP contribution in [0.4, 0.5) is 10.5 Å². The smallest absolute Gasteiger partial charge is 0.412 e. The maximum absolute atomic E-state index is 12.5. The first kappa shape index (κ1) is 23.3. The van der Waals surface area contributed by atoms with Crippen molar-refractivity contribution in [3.63, 3.8) is 0 Å². The third-order valence-electron chi connectivity index (χ3n) is 4.42. The van der Waals surface area contributed by atoms with Crippen LogP contribution < -0.4 is 10.1 Å². The zero-order chi connectivity index (χ0) is 22.1. The molecule has 0 spiro atoms. The zero-order valence-electron chi connectivity index (χ0n) is 16.7. The molecule has 0 radical (unpaired) electrons. The number of methoxy groups -OCH3 is 1. The number of rotatable bonds is 9. The molecule has 0 aliphatic rings. The summed E-state index contributed by atoms with van der Waals surface area (Å²) in [7, 11) is 1.45. The molecule has 2 atom stereocenters. The number of carbonyl (C=O) groups is 2. The van der Waals surface area contributed by atoms with Crippen LogP contribution in [0.3, 0.4) is 0 Å². The molecule has 0 bridgehead atoms. The van der Waals surface area contributed by atoms with Gasteiger partial charge in [0.05, 0.1) is 7.11 Å². The van der Waals surface area contributed by atoms with Crippen molar-refractivity contribution in [2.75, 3.05) is 12.4 Å². The van der Waals surface area contributed by atoms with Crippen molar-refractivity contribution in [2.24, 2.45) is 5.92 Å². The minimum absolute atomic E-state index is 0.0603. The van der Waals surface area contributed by atoms with Crippen molar-refractivity contribution in [3.8, 4) is 11.5 Å². The fraction of sp³-hybridized carbons (Fsp3) is 0.273. The average Bonchev–Trinajstić information content (AvgIpc) is 2.70. The second-order valence-corrected chi connectivity index (χ2v) is 7.60. The second kappa shape index (κ2) is 11.3. The predicted octanol–water partition coefficient (Wildman–Crippen LogP) is 5.51. The van der Waals surface area contributed by atoms with Crippen LogP contribution in [0.2, 0.25) is 0 Å². The number of benzene rings is 2. The summed E-state index contributed by atoms with van der Waals surface area (Å²) >= 11 is 3.34. The lowest BCUT2D eigenvalue weighted by atomic mass is 9.92. The fourth-order valence-electron chi connectivity index (χ4n) is 2.89. The minimum atomic E-state index is -1.01. The van der Waals surface area contributed by atoms with Gasteiger partial charge >= 0.3 is 12.1 Å². The van der Waals surface area contributed by atoms with E-state index in [1.165, 1.54) is 13.2 Å². The van der Waals surface area contributed by atoms with Gasteiger partial charge in [-0.1, -0.05) is 35.0 Å². The molecule has 160 valence electrons. The summed E-state index contributed by atoms with van der Waals surface area (Å²) in [6.07, 6.45) is 2.43. The van der Waals surface area contributed by atoms with E-state index in [0.29, 0.717) is 29.8 Å². The highest BCUT2D eigenvalue weighted by atomic mass is 79.9. The molecule has 0 unspecified atom stereocenters. The number of amides is 1. The van der Waals surface area contributed by atoms with Gasteiger partial charge in [0.2, 0.25) is 0 Å². The molecule has 0 fully saturated rings. The lowest BCUT2D eigenvalue weighted by molar-refractivity contribution is -0.131. The van der Waals surface area contributed by atoms with Gasteiger partial charge in [-0.3, -0.25) is 5.32 Å². The van der Waals surface area contributed by atoms with Crippen LogP contribution in [0.5, 0.6) is 11.5 Å². The van der Waals surface area contributed by atoms with Crippen LogP contribution in [0.1, 0.15) is 31.4 Å². The molecular weight excluding hydrogens is 454 g/mol. The Balaban J connectivity index is 2.16. The zero-order valence-corrected chi connectivity index (χ0v) is 18.3. The number of hydrogen-bond donors (Lipinski definition) is 3. The lowest BCUT2D eigenvalue weighted by Gasteiger charge is -2.25. The van der Waals surface area contributed by atoms with E-state index < -0.39 is 18.2 Å². The number of carboxylic acids is 1. The van der Waals surface area contributed by atoms with E-state index in [0.717, 1.165) is 10.5 Å². The van der Waals surface area contributed by atoms with Crippen molar-refractivity contribution in [2.45, 2.75) is 25.9 Å². The summed E-state index contributed by atoms with van der Waals surface area (Å²) in [5, 5.41) is 21.5. The normalized spacial score (nSPS) is 12.9. The Bertz CT molecular complexity index is 897. The third kappa shape index (κ3) is 7.11. The molecule has 2 aromatic carbocycles. The summed E-state index contributed by atoms with van der Waals surface area (Å²) in [5.41, 5.74) is 1.19. The average molecular weight is 478 g/mol. The van der Waals surface area contributed by atoms with Crippen LogP contribution in [-0.4, -0.2) is 29.4 Å². The number of nitrogens with one attached hydrogen (secondary N) is 1. The Labute approximate surface area is 183 Å². The number of anilines is 1. The van der Waals surface area contributed by atoms with Crippen LogP contribution in [0, 0.1) is 5.92 Å². The molecule has 0 aromatic heterocycles. The Morgan fingerprint density at radius 3 is 2.50 bits per heavy atom. The minimum Gasteiger partial charge on any atom is -0.504 e. The Kier molecular flexibility index (Phi) is 8.73. The number of phenols is 1. The topological polar surface area (TPSA) is 105 Å². The second-order valence-electron chi connectivity index (χ2n) is 6.68. The van der Waals surface area contributed by atoms with Gasteiger partial charge < -0.3 is 19.7 Å². The van der Waals surface area contributed by atoms with Gasteiger partial charge in [0.25, 0.3) is 0 Å². The molecule has 0 saturated heterocycles. The SMILES string of the molecule is COc1ccc([C@@H](OC(=O)Nc2ccc(Br)cc2)[C@@H](C)CC/C=C/C(=O)O)cc1O. The first-order chi connectivity index (χ1) is 14.3. The number of phenolic OH excluding ortho intramolecular Hbond substituents is 1. The number of hydrogen-bond acceptors (Lipinski definition) is 5. The molecule has 0 aliphatic carbocycles. The molecule has 2 aromatic rings. The van der Waals surface area contributed by atoms with Crippen LogP contribution in [0.15, 0.2) is 59.1 Å². The molecule has 2 rings (SSSR count). The van der Waals surface area contributed by atoms with Crippen molar-refractivity contribution in [1.29, 1.82) is 0 Å². The molecule has 0 aliphatic heterocycles. The largest absolute Gasteiger partial charge is 0.504 e. The molecule has 3 N–H and O–H groups in total. The number of aromatic hydroxyl groups is 1. The van der Waals surface area contributed by atoms with E-state index in [2.05, 4.69) is 21.2 Å². The maximum atomic E-state index is 12.5. The van der Waals surface area contributed by atoms with Gasteiger partial charge in [-0.15, -0.1) is 0 Å². The van der Waals surface area contributed by atoms with Gasteiger partial charge in [-0.25, -0.2) is 9.59 Å². The van der Waals surface area contributed by atoms with Crippen molar-refractivity contribution in [1.82, 2.24) is 0 Å². The number of carbonyl (C=O) groups excluding carboxylic acids is 1. The van der Waals surface area contributed by atoms with E-state index in [1.54, 1.807) is 42.5 Å². The molecule has 8 heteroatoms. The van der Waals surface area contributed by atoms with Gasteiger partial charge in [0.15, 0.2) is 11.5 Å². The molecular formula is C22H24BrNO6. The van der Waals surface area contributed by atoms with E-state index in [9.17, 15) is 14.7 Å². The van der Waals surface area contributed by atoms with E-state index >= 15 is 0 Å². The van der Waals surface area contributed by atoms with E-state index in [4.69, 9.17) is 14.6 Å². The highest BCUT2D eigenvalue weighted by Gasteiger charge is 2.24. The van der Waals surface area contributed by atoms with Crippen molar-refractivity contribution in [3.05, 3.63) is 64.7 Å². The monoisotopic (exact) mass is 477 g/mol. The van der Waals surface area contributed by atoms with Gasteiger partial charge in [-0.2, -0.15) is 0 Å². The molecule has 7 nitrogen and oxygen atoms in total. The first-order valence-corrected chi connectivity index (χ1v) is 10.1. The number of halogens is 1. The van der Waals surface area contributed by atoms with Crippen LogP contribution in [0.25, 0.3) is 0 Å². The summed E-state index contributed by atoms with van der Waals surface area (Å²) in [6.45, 7) is 1.90. The maximum Gasteiger partial charge on any atom is 0.412 e. The van der Waals surface area contributed by atoms with Crippen LogP contribution in [-0.2, 0) is 9.53 Å². The lowest BCUT2D eigenvalue weighted by Crippen LogP contribution is -2.22. The highest BCUT2D eigenvalue weighted by Crippen LogP contribution is 2.35. The molecule has 0 heterocycles. The number of carboxylic acid groups (broad SMARTS) is 1. The highest BCUT2D eigenvalue weighted by molar-refractivity contribution is 9.10. The van der Waals surface area contributed by atoms with E-state index in [1.807, 2.05) is 6.92 Å².